The predicted octanol–water partition coefficient (Wildman–Crippen LogP) is 2.37. The molecule has 0 aliphatic rings. The van der Waals surface area contributed by atoms with Crippen molar-refractivity contribution >= 4 is 22.8 Å². The average Bonchev–Trinajstić information content (AvgIpc) is 2.81. The summed E-state index contributed by atoms with van der Waals surface area (Å²) in [6.45, 7) is 1.72. The van der Waals surface area contributed by atoms with Gasteiger partial charge in [0.1, 0.15) is 11.6 Å². The molecule has 0 fully saturated rings. The summed E-state index contributed by atoms with van der Waals surface area (Å²) in [4.78, 5) is 24.4. The van der Waals surface area contributed by atoms with Crippen LogP contribution in [-0.2, 0) is 4.79 Å². The number of hydrogen-bond donors (Lipinski definition) is 1. The summed E-state index contributed by atoms with van der Waals surface area (Å²) in [7, 11) is 1.47. The quantitative estimate of drug-likeness (QED) is 0.917. The maximum Gasteiger partial charge on any atom is 0.326 e. The Hall–Kier alpha value is -2.30. The van der Waals surface area contributed by atoms with Gasteiger partial charge in [0.05, 0.1) is 0 Å². The van der Waals surface area contributed by atoms with Crippen molar-refractivity contribution < 1.29 is 19.1 Å². The van der Waals surface area contributed by atoms with Crippen molar-refractivity contribution in [1.29, 1.82) is 0 Å². The number of carbonyl (C=O) groups is 2. The number of benzene rings is 1. The van der Waals surface area contributed by atoms with Crippen molar-refractivity contribution in [3.8, 4) is 0 Å². The topological polar surface area (TPSA) is 70.8 Å². The van der Waals surface area contributed by atoms with Crippen LogP contribution in [0.4, 0.5) is 0 Å². The van der Waals surface area contributed by atoms with Crippen LogP contribution in [0.15, 0.2) is 34.7 Å². The highest BCUT2D eigenvalue weighted by molar-refractivity contribution is 5.97. The molecule has 1 amide bonds. The predicted molar refractivity (Wildman–Crippen MR) is 70.0 cm³/mol. The summed E-state index contributed by atoms with van der Waals surface area (Å²) in [6, 6.07) is 8.05. The minimum atomic E-state index is -1.02. The number of fused-ring (bicyclic) bond motifs is 1. The van der Waals surface area contributed by atoms with E-state index in [1.807, 2.05) is 18.2 Å². The van der Waals surface area contributed by atoms with E-state index in [4.69, 9.17) is 9.52 Å². The van der Waals surface area contributed by atoms with Crippen LogP contribution >= 0.6 is 0 Å². The molecule has 1 aromatic heterocycles. The van der Waals surface area contributed by atoms with Crippen molar-refractivity contribution in [3.63, 3.8) is 0 Å². The fourth-order valence-corrected chi connectivity index (χ4v) is 2.02. The lowest BCUT2D eigenvalue weighted by atomic mass is 10.2. The molecule has 5 heteroatoms. The Kier molecular flexibility index (Phi) is 3.55. The summed E-state index contributed by atoms with van der Waals surface area (Å²) >= 11 is 0. The first kappa shape index (κ1) is 13.1. The van der Waals surface area contributed by atoms with Crippen molar-refractivity contribution in [3.05, 3.63) is 36.1 Å². The van der Waals surface area contributed by atoms with Gasteiger partial charge in [0.2, 0.25) is 0 Å². The van der Waals surface area contributed by atoms with Gasteiger partial charge in [0, 0.05) is 12.4 Å². The number of likely N-dealkylation sites (N-methyl/N-ethyl adjacent to an activating group) is 1. The van der Waals surface area contributed by atoms with Crippen LogP contribution in [-0.4, -0.2) is 35.0 Å². The number of carboxylic acids is 1. The van der Waals surface area contributed by atoms with E-state index in [0.717, 1.165) is 5.39 Å². The number of carbonyl (C=O) groups excluding carboxylic acids is 1. The lowest BCUT2D eigenvalue weighted by Gasteiger charge is -2.22. The molecule has 0 aliphatic carbocycles. The Balaban J connectivity index is 2.30. The highest BCUT2D eigenvalue weighted by Gasteiger charge is 2.27. The van der Waals surface area contributed by atoms with Gasteiger partial charge in [-0.15, -0.1) is 0 Å². The molecule has 0 bridgehead atoms. The largest absolute Gasteiger partial charge is 0.480 e. The minimum Gasteiger partial charge on any atom is -0.480 e. The van der Waals surface area contributed by atoms with E-state index in [0.29, 0.717) is 12.0 Å². The van der Waals surface area contributed by atoms with Gasteiger partial charge in [0.15, 0.2) is 5.76 Å². The van der Waals surface area contributed by atoms with Gasteiger partial charge in [-0.25, -0.2) is 4.79 Å². The number of amides is 1. The molecule has 2 aromatic rings. The maximum atomic E-state index is 12.2. The van der Waals surface area contributed by atoms with Crippen LogP contribution in [0, 0.1) is 0 Å². The van der Waals surface area contributed by atoms with E-state index in [1.165, 1.54) is 11.9 Å². The van der Waals surface area contributed by atoms with E-state index < -0.39 is 17.9 Å². The highest BCUT2D eigenvalue weighted by Crippen LogP contribution is 2.20. The second-order valence-corrected chi connectivity index (χ2v) is 4.33. The molecule has 19 heavy (non-hydrogen) atoms. The first-order chi connectivity index (χ1) is 9.04. The molecule has 1 aromatic carbocycles. The SMILES string of the molecule is CCC(C(=O)O)N(C)C(=O)c1cc2ccccc2o1. The Labute approximate surface area is 110 Å². The fraction of sp³-hybridized carbons (Fsp3) is 0.286. The molecular formula is C14H15NO4. The zero-order valence-corrected chi connectivity index (χ0v) is 10.8. The summed E-state index contributed by atoms with van der Waals surface area (Å²) in [5.74, 6) is -1.29. The number of para-hydroxylation sites is 1. The van der Waals surface area contributed by atoms with Crippen molar-refractivity contribution in [1.82, 2.24) is 4.90 Å². The van der Waals surface area contributed by atoms with E-state index in [9.17, 15) is 9.59 Å². The number of furan rings is 1. The van der Waals surface area contributed by atoms with Crippen LogP contribution < -0.4 is 0 Å². The van der Waals surface area contributed by atoms with E-state index in [2.05, 4.69) is 0 Å². The third-order valence-electron chi connectivity index (χ3n) is 3.10. The molecule has 5 nitrogen and oxygen atoms in total. The van der Waals surface area contributed by atoms with Crippen LogP contribution in [0.1, 0.15) is 23.9 Å². The van der Waals surface area contributed by atoms with Crippen LogP contribution in [0.3, 0.4) is 0 Å². The monoisotopic (exact) mass is 261 g/mol. The molecule has 1 unspecified atom stereocenters. The second-order valence-electron chi connectivity index (χ2n) is 4.33. The van der Waals surface area contributed by atoms with Gasteiger partial charge in [-0.1, -0.05) is 25.1 Å². The molecule has 1 N–H and O–H groups in total. The third kappa shape index (κ3) is 2.45. The fourth-order valence-electron chi connectivity index (χ4n) is 2.02. The molecule has 1 heterocycles. The normalized spacial score (nSPS) is 12.3. The molecule has 0 saturated heterocycles. The van der Waals surface area contributed by atoms with Crippen LogP contribution in [0.25, 0.3) is 11.0 Å². The van der Waals surface area contributed by atoms with Crippen molar-refractivity contribution in [2.75, 3.05) is 7.05 Å². The molecule has 2 rings (SSSR count). The van der Waals surface area contributed by atoms with E-state index in [-0.39, 0.29) is 5.76 Å². The van der Waals surface area contributed by atoms with Gasteiger partial charge < -0.3 is 14.4 Å². The summed E-state index contributed by atoms with van der Waals surface area (Å²) in [5, 5.41) is 9.88. The zero-order valence-electron chi connectivity index (χ0n) is 10.8. The Morgan fingerprint density at radius 3 is 2.63 bits per heavy atom. The molecule has 0 aliphatic heterocycles. The molecule has 100 valence electrons. The maximum absolute atomic E-state index is 12.2. The molecule has 1 atom stereocenters. The lowest BCUT2D eigenvalue weighted by molar-refractivity contribution is -0.142. The Morgan fingerprint density at radius 1 is 1.37 bits per heavy atom. The standard InChI is InChI=1S/C14H15NO4/c1-3-10(14(17)18)15(2)13(16)12-8-9-6-4-5-7-11(9)19-12/h4-8,10H,3H2,1-2H3,(H,17,18). The van der Waals surface area contributed by atoms with Crippen molar-refractivity contribution in [2.45, 2.75) is 19.4 Å². The van der Waals surface area contributed by atoms with Gasteiger partial charge in [-0.05, 0) is 18.6 Å². The van der Waals surface area contributed by atoms with Gasteiger partial charge in [-0.2, -0.15) is 0 Å². The first-order valence-corrected chi connectivity index (χ1v) is 6.03. The zero-order chi connectivity index (χ0) is 14.0. The second kappa shape index (κ2) is 5.14. The minimum absolute atomic E-state index is 0.156. The Bertz CT molecular complexity index is 584. The Morgan fingerprint density at radius 2 is 2.05 bits per heavy atom. The number of rotatable bonds is 4. The molecular weight excluding hydrogens is 246 g/mol. The smallest absolute Gasteiger partial charge is 0.326 e. The van der Waals surface area contributed by atoms with Crippen LogP contribution in [0.2, 0.25) is 0 Å². The summed E-state index contributed by atoms with van der Waals surface area (Å²) in [6.07, 6.45) is 0.345. The van der Waals surface area contributed by atoms with Gasteiger partial charge in [-0.3, -0.25) is 4.79 Å². The summed E-state index contributed by atoms with van der Waals surface area (Å²) < 4.78 is 5.44. The van der Waals surface area contributed by atoms with Crippen LogP contribution in [0.5, 0.6) is 0 Å². The molecule has 0 spiro atoms. The summed E-state index contributed by atoms with van der Waals surface area (Å²) in [5.41, 5.74) is 0.614. The first-order valence-electron chi connectivity index (χ1n) is 6.03. The number of hydrogen-bond acceptors (Lipinski definition) is 3. The lowest BCUT2D eigenvalue weighted by Crippen LogP contribution is -2.41. The highest BCUT2D eigenvalue weighted by atomic mass is 16.4. The average molecular weight is 261 g/mol. The molecule has 0 saturated carbocycles. The van der Waals surface area contributed by atoms with E-state index >= 15 is 0 Å². The number of carboxylic acid groups (broad SMARTS) is 1. The van der Waals surface area contributed by atoms with Gasteiger partial charge in [0.25, 0.3) is 5.91 Å². The third-order valence-corrected chi connectivity index (χ3v) is 3.10. The van der Waals surface area contributed by atoms with E-state index in [1.54, 1.807) is 19.1 Å². The van der Waals surface area contributed by atoms with Gasteiger partial charge >= 0.3 is 5.97 Å². The number of nitrogens with zero attached hydrogens (tertiary/aromatic N) is 1. The van der Waals surface area contributed by atoms with Crippen molar-refractivity contribution in [2.24, 2.45) is 0 Å². The number of aliphatic carboxylic acids is 1. The molecule has 0 radical (unpaired) electrons.